The summed E-state index contributed by atoms with van der Waals surface area (Å²) in [5.74, 6) is 0.732. The highest BCUT2D eigenvalue weighted by Crippen LogP contribution is 2.40. The zero-order valence-corrected chi connectivity index (χ0v) is 18.4. The Labute approximate surface area is 183 Å². The Kier molecular flexibility index (Phi) is 6.19. The lowest BCUT2D eigenvalue weighted by molar-refractivity contribution is -0.115. The number of hydrogen-bond acceptors (Lipinski definition) is 6. The maximum absolute atomic E-state index is 12.7. The highest BCUT2D eigenvalue weighted by molar-refractivity contribution is 8.00. The monoisotopic (exact) mass is 441 g/mol. The van der Waals surface area contributed by atoms with Gasteiger partial charge in [0, 0.05) is 35.6 Å². The van der Waals surface area contributed by atoms with Crippen LogP contribution in [0.15, 0.2) is 46.9 Å². The summed E-state index contributed by atoms with van der Waals surface area (Å²) >= 11 is 3.15. The molecule has 0 radical (unpaired) electrons. The van der Waals surface area contributed by atoms with Crippen LogP contribution in [0.4, 0.5) is 11.4 Å². The van der Waals surface area contributed by atoms with E-state index >= 15 is 0 Å². The third-order valence-electron chi connectivity index (χ3n) is 4.68. The second kappa shape index (κ2) is 9.01. The molecule has 7 nitrogen and oxygen atoms in total. The molecular weight excluding hydrogens is 418 g/mol. The third-order valence-corrected chi connectivity index (χ3v) is 6.62. The van der Waals surface area contributed by atoms with E-state index in [4.69, 9.17) is 0 Å². The number of aromatic nitrogens is 3. The number of benzene rings is 1. The van der Waals surface area contributed by atoms with Gasteiger partial charge in [-0.2, -0.15) is 0 Å². The molecule has 9 heteroatoms. The smallest absolute Gasteiger partial charge is 0.237 e. The van der Waals surface area contributed by atoms with Gasteiger partial charge in [-0.3, -0.25) is 9.59 Å². The normalized spacial score (nSPS) is 14.3. The average Bonchev–Trinajstić information content (AvgIpc) is 3.27. The van der Waals surface area contributed by atoms with Crippen LogP contribution in [0.25, 0.3) is 0 Å². The molecule has 2 amide bonds. The SMILES string of the molecule is CC(=O)Nc1ccc(NC(=O)C(C)Sc2nnc(Cc3cccs3)n2C2CC2)cc1. The molecule has 156 valence electrons. The number of rotatable bonds is 8. The summed E-state index contributed by atoms with van der Waals surface area (Å²) in [4.78, 5) is 25.1. The molecule has 0 aliphatic heterocycles. The summed E-state index contributed by atoms with van der Waals surface area (Å²) in [6.45, 7) is 3.33. The molecule has 3 aromatic rings. The largest absolute Gasteiger partial charge is 0.326 e. The Hall–Kier alpha value is -2.65. The van der Waals surface area contributed by atoms with Gasteiger partial charge in [-0.1, -0.05) is 17.8 Å². The van der Waals surface area contributed by atoms with Gasteiger partial charge in [0.1, 0.15) is 5.82 Å². The molecule has 0 saturated heterocycles. The lowest BCUT2D eigenvalue weighted by atomic mass is 10.2. The van der Waals surface area contributed by atoms with Crippen molar-refractivity contribution in [2.75, 3.05) is 10.6 Å². The molecular formula is C21H23N5O2S2. The lowest BCUT2D eigenvalue weighted by Gasteiger charge is -2.13. The van der Waals surface area contributed by atoms with Crippen LogP contribution >= 0.6 is 23.1 Å². The van der Waals surface area contributed by atoms with Gasteiger partial charge in [-0.15, -0.1) is 21.5 Å². The van der Waals surface area contributed by atoms with Gasteiger partial charge in [-0.05, 0) is 55.5 Å². The molecule has 0 bridgehead atoms. The molecule has 2 heterocycles. The number of thioether (sulfide) groups is 1. The zero-order valence-electron chi connectivity index (χ0n) is 16.8. The molecule has 0 spiro atoms. The Morgan fingerprint density at radius 2 is 1.87 bits per heavy atom. The number of carbonyl (C=O) groups excluding carboxylic acids is 2. The van der Waals surface area contributed by atoms with Crippen molar-refractivity contribution in [3.63, 3.8) is 0 Å². The summed E-state index contributed by atoms with van der Waals surface area (Å²) < 4.78 is 2.20. The van der Waals surface area contributed by atoms with Gasteiger partial charge in [0.2, 0.25) is 11.8 Å². The van der Waals surface area contributed by atoms with E-state index in [-0.39, 0.29) is 17.1 Å². The highest BCUT2D eigenvalue weighted by atomic mass is 32.2. The first kappa shape index (κ1) is 20.6. The molecule has 1 saturated carbocycles. The maximum Gasteiger partial charge on any atom is 0.237 e. The summed E-state index contributed by atoms with van der Waals surface area (Å²) in [5, 5.41) is 17.0. The Bertz CT molecular complexity index is 1030. The maximum atomic E-state index is 12.7. The third kappa shape index (κ3) is 5.09. The first-order chi connectivity index (χ1) is 14.5. The Morgan fingerprint density at radius 3 is 2.47 bits per heavy atom. The molecule has 2 N–H and O–H groups in total. The van der Waals surface area contributed by atoms with Crippen molar-refractivity contribution in [3.8, 4) is 0 Å². The number of hydrogen-bond donors (Lipinski definition) is 2. The predicted octanol–water partition coefficient (Wildman–Crippen LogP) is 4.34. The summed E-state index contributed by atoms with van der Waals surface area (Å²) in [7, 11) is 0. The molecule has 1 aromatic carbocycles. The van der Waals surface area contributed by atoms with Crippen molar-refractivity contribution >= 4 is 46.3 Å². The van der Waals surface area contributed by atoms with E-state index in [2.05, 4.69) is 36.8 Å². The van der Waals surface area contributed by atoms with Crippen molar-refractivity contribution in [2.24, 2.45) is 0 Å². The number of anilines is 2. The molecule has 4 rings (SSSR count). The van der Waals surface area contributed by atoms with E-state index < -0.39 is 0 Å². The fraction of sp³-hybridized carbons (Fsp3) is 0.333. The molecule has 1 fully saturated rings. The standard InChI is InChI=1S/C21H23N5O2S2/c1-13(20(28)23-16-7-5-15(6-8-16)22-14(2)27)30-21-25-24-19(26(21)17-9-10-17)12-18-4-3-11-29-18/h3-8,11,13,17H,9-10,12H2,1-2H3,(H,22,27)(H,23,28). The van der Waals surface area contributed by atoms with Gasteiger partial charge in [0.05, 0.1) is 5.25 Å². The molecule has 2 aromatic heterocycles. The first-order valence-electron chi connectivity index (χ1n) is 9.81. The summed E-state index contributed by atoms with van der Waals surface area (Å²) in [5.41, 5.74) is 1.38. The lowest BCUT2D eigenvalue weighted by Crippen LogP contribution is -2.23. The molecule has 1 aliphatic rings. The van der Waals surface area contributed by atoms with E-state index in [9.17, 15) is 9.59 Å². The Balaban J connectivity index is 1.40. The summed E-state index contributed by atoms with van der Waals surface area (Å²) in [6, 6.07) is 11.7. The minimum absolute atomic E-state index is 0.0996. The van der Waals surface area contributed by atoms with E-state index in [0.29, 0.717) is 17.4 Å². The summed E-state index contributed by atoms with van der Waals surface area (Å²) in [6.07, 6.45) is 3.03. The van der Waals surface area contributed by atoms with E-state index in [1.54, 1.807) is 35.6 Å². The van der Waals surface area contributed by atoms with Crippen molar-refractivity contribution in [3.05, 3.63) is 52.5 Å². The number of thiophene rings is 1. The van der Waals surface area contributed by atoms with E-state index in [0.717, 1.165) is 30.2 Å². The van der Waals surface area contributed by atoms with Crippen LogP contribution in [0.1, 0.15) is 43.4 Å². The molecule has 1 unspecified atom stereocenters. The van der Waals surface area contributed by atoms with Gasteiger partial charge in [-0.25, -0.2) is 0 Å². The fourth-order valence-electron chi connectivity index (χ4n) is 3.07. The predicted molar refractivity (Wildman–Crippen MR) is 120 cm³/mol. The first-order valence-corrected chi connectivity index (χ1v) is 11.6. The second-order valence-corrected chi connectivity index (χ2v) is 9.60. The van der Waals surface area contributed by atoms with Crippen molar-refractivity contribution in [1.82, 2.24) is 14.8 Å². The molecule has 30 heavy (non-hydrogen) atoms. The minimum Gasteiger partial charge on any atom is -0.326 e. The highest BCUT2D eigenvalue weighted by Gasteiger charge is 2.31. The van der Waals surface area contributed by atoms with E-state index in [1.165, 1.54) is 23.6 Å². The number of nitrogens with zero attached hydrogens (tertiary/aromatic N) is 3. The van der Waals surface area contributed by atoms with Crippen LogP contribution < -0.4 is 10.6 Å². The fourth-order valence-corrected chi connectivity index (χ4v) is 4.71. The number of nitrogens with one attached hydrogen (secondary N) is 2. The van der Waals surface area contributed by atoms with Gasteiger partial charge in [0.25, 0.3) is 0 Å². The van der Waals surface area contributed by atoms with Crippen LogP contribution in [0, 0.1) is 0 Å². The van der Waals surface area contributed by atoms with Gasteiger partial charge in [0.15, 0.2) is 5.16 Å². The van der Waals surface area contributed by atoms with Crippen LogP contribution in [0.5, 0.6) is 0 Å². The van der Waals surface area contributed by atoms with Crippen LogP contribution in [0.3, 0.4) is 0 Å². The molecule has 1 atom stereocenters. The topological polar surface area (TPSA) is 88.9 Å². The number of carbonyl (C=O) groups is 2. The van der Waals surface area contributed by atoms with Crippen LogP contribution in [0.2, 0.25) is 0 Å². The average molecular weight is 442 g/mol. The van der Waals surface area contributed by atoms with Crippen molar-refractivity contribution in [1.29, 1.82) is 0 Å². The van der Waals surface area contributed by atoms with Gasteiger partial charge >= 0.3 is 0 Å². The van der Waals surface area contributed by atoms with Crippen LogP contribution in [-0.2, 0) is 16.0 Å². The van der Waals surface area contributed by atoms with E-state index in [1.807, 2.05) is 13.0 Å². The number of amides is 2. The van der Waals surface area contributed by atoms with Gasteiger partial charge < -0.3 is 15.2 Å². The minimum atomic E-state index is -0.323. The quantitative estimate of drug-likeness (QED) is 0.508. The van der Waals surface area contributed by atoms with Crippen molar-refractivity contribution < 1.29 is 9.59 Å². The van der Waals surface area contributed by atoms with Crippen LogP contribution in [-0.4, -0.2) is 31.8 Å². The Morgan fingerprint density at radius 1 is 1.17 bits per heavy atom. The molecule has 1 aliphatic carbocycles. The van der Waals surface area contributed by atoms with Crippen molar-refractivity contribution in [2.45, 2.75) is 49.6 Å². The zero-order chi connectivity index (χ0) is 21.1. The second-order valence-electron chi connectivity index (χ2n) is 7.26.